The minimum absolute atomic E-state index is 0.246. The highest BCUT2D eigenvalue weighted by Gasteiger charge is 2.36. The molecule has 1 atom stereocenters. The maximum atomic E-state index is 5.40. The van der Waals surface area contributed by atoms with E-state index in [0.29, 0.717) is 11.7 Å². The number of hydrogen-bond donors (Lipinski definition) is 0. The third-order valence-corrected chi connectivity index (χ3v) is 6.26. The second-order valence-corrected chi connectivity index (χ2v) is 8.34. The van der Waals surface area contributed by atoms with Gasteiger partial charge in [0.15, 0.2) is 11.6 Å². The van der Waals surface area contributed by atoms with E-state index in [2.05, 4.69) is 44.2 Å². The molecule has 2 aliphatic heterocycles. The summed E-state index contributed by atoms with van der Waals surface area (Å²) in [4.78, 5) is 23.3. The summed E-state index contributed by atoms with van der Waals surface area (Å²) in [5, 5.41) is 5.11. The van der Waals surface area contributed by atoms with Gasteiger partial charge in [0.25, 0.3) is 0 Å². The minimum atomic E-state index is 0.246. The van der Waals surface area contributed by atoms with Crippen LogP contribution in [0.4, 0.5) is 11.6 Å². The number of nitrogens with zero attached hydrogens (tertiary/aromatic N) is 7. The van der Waals surface area contributed by atoms with Gasteiger partial charge in [0.2, 0.25) is 5.89 Å². The van der Waals surface area contributed by atoms with Gasteiger partial charge < -0.3 is 14.3 Å². The molecule has 6 rings (SSSR count). The Morgan fingerprint density at radius 1 is 0.903 bits per heavy atom. The third kappa shape index (κ3) is 3.28. The summed E-state index contributed by atoms with van der Waals surface area (Å²) < 4.78 is 5.40. The first kappa shape index (κ1) is 18.2. The monoisotopic (exact) mass is 413 g/mol. The van der Waals surface area contributed by atoms with E-state index in [9.17, 15) is 0 Å². The van der Waals surface area contributed by atoms with Crippen molar-refractivity contribution < 1.29 is 4.52 Å². The fraction of sp³-hybridized carbons (Fsp3) is 0.348. The first-order valence-corrected chi connectivity index (χ1v) is 10.7. The van der Waals surface area contributed by atoms with E-state index in [0.717, 1.165) is 61.3 Å². The van der Waals surface area contributed by atoms with Crippen molar-refractivity contribution >= 4 is 22.5 Å². The number of rotatable bonds is 4. The molecule has 0 bridgehead atoms. The average Bonchev–Trinajstić information content (AvgIpc) is 3.42. The fourth-order valence-corrected chi connectivity index (χ4v) is 4.58. The summed E-state index contributed by atoms with van der Waals surface area (Å²) in [5.41, 5.74) is 2.10. The maximum absolute atomic E-state index is 5.40. The molecule has 1 aromatic carbocycles. The van der Waals surface area contributed by atoms with Gasteiger partial charge in [0.1, 0.15) is 5.82 Å². The predicted molar refractivity (Wildman–Crippen MR) is 117 cm³/mol. The SMILES string of the molecule is Cc1noc([C@H]2CCN(c3nccnc3C3CN(c4ccc5ccccc5n4)C3)C2)n1. The summed E-state index contributed by atoms with van der Waals surface area (Å²) in [5.74, 6) is 4.01. The molecular weight excluding hydrogens is 390 g/mol. The van der Waals surface area contributed by atoms with E-state index < -0.39 is 0 Å². The van der Waals surface area contributed by atoms with E-state index in [1.807, 2.05) is 19.1 Å². The van der Waals surface area contributed by atoms with Gasteiger partial charge in [-0.25, -0.2) is 9.97 Å². The topological polar surface area (TPSA) is 84.1 Å². The normalized spacial score (nSPS) is 19.2. The highest BCUT2D eigenvalue weighted by molar-refractivity contribution is 5.80. The van der Waals surface area contributed by atoms with Crippen LogP contribution in [0.1, 0.15) is 35.7 Å². The molecule has 0 aliphatic carbocycles. The molecule has 0 saturated carbocycles. The zero-order chi connectivity index (χ0) is 20.8. The Morgan fingerprint density at radius 2 is 1.74 bits per heavy atom. The number of anilines is 2. The van der Waals surface area contributed by atoms with Crippen molar-refractivity contribution in [1.82, 2.24) is 25.1 Å². The molecule has 0 N–H and O–H groups in total. The van der Waals surface area contributed by atoms with Crippen LogP contribution < -0.4 is 9.80 Å². The first-order chi connectivity index (χ1) is 15.2. The summed E-state index contributed by atoms with van der Waals surface area (Å²) in [6.07, 6.45) is 4.56. The Hall–Kier alpha value is -3.55. The Kier molecular flexibility index (Phi) is 4.29. The first-order valence-electron chi connectivity index (χ1n) is 10.7. The standard InChI is InChI=1S/C23H23N7O/c1-15-26-23(31-28-15)17-8-11-29(12-17)22-21(24-9-10-25-22)18-13-30(14-18)20-7-6-16-4-2-3-5-19(16)27-20/h2-7,9-10,17-18H,8,11-14H2,1H3/t17-/m0/s1. The molecule has 8 heteroatoms. The molecule has 0 unspecified atom stereocenters. The number of fused-ring (bicyclic) bond motifs is 1. The van der Waals surface area contributed by atoms with E-state index >= 15 is 0 Å². The van der Waals surface area contributed by atoms with Gasteiger partial charge in [0, 0.05) is 49.9 Å². The van der Waals surface area contributed by atoms with Crippen LogP contribution in [0.3, 0.4) is 0 Å². The summed E-state index contributed by atoms with van der Waals surface area (Å²) >= 11 is 0. The fourth-order valence-electron chi connectivity index (χ4n) is 4.58. The van der Waals surface area contributed by atoms with Crippen LogP contribution in [0.2, 0.25) is 0 Å². The van der Waals surface area contributed by atoms with E-state index in [1.165, 1.54) is 5.39 Å². The van der Waals surface area contributed by atoms with E-state index in [1.54, 1.807) is 12.4 Å². The Morgan fingerprint density at radius 3 is 2.61 bits per heavy atom. The molecule has 0 spiro atoms. The van der Waals surface area contributed by atoms with Gasteiger partial charge in [-0.15, -0.1) is 0 Å². The van der Waals surface area contributed by atoms with E-state index in [4.69, 9.17) is 19.5 Å². The highest BCUT2D eigenvalue weighted by Crippen LogP contribution is 2.37. The lowest BCUT2D eigenvalue weighted by Crippen LogP contribution is -2.46. The zero-order valence-corrected chi connectivity index (χ0v) is 17.3. The lowest BCUT2D eigenvalue weighted by atomic mass is 9.95. The van der Waals surface area contributed by atoms with Crippen molar-refractivity contribution in [1.29, 1.82) is 0 Å². The summed E-state index contributed by atoms with van der Waals surface area (Å²) in [7, 11) is 0. The lowest BCUT2D eigenvalue weighted by Gasteiger charge is -2.40. The largest absolute Gasteiger partial charge is 0.355 e. The van der Waals surface area contributed by atoms with Crippen LogP contribution in [0, 0.1) is 6.92 Å². The van der Waals surface area contributed by atoms with Crippen molar-refractivity contribution in [2.45, 2.75) is 25.2 Å². The number of aryl methyl sites for hydroxylation is 1. The third-order valence-electron chi connectivity index (χ3n) is 6.26. The molecule has 2 aliphatic rings. The smallest absolute Gasteiger partial charge is 0.231 e. The van der Waals surface area contributed by atoms with Gasteiger partial charge >= 0.3 is 0 Å². The van der Waals surface area contributed by atoms with Gasteiger partial charge in [-0.3, -0.25) is 4.98 Å². The van der Waals surface area contributed by atoms with Gasteiger partial charge in [-0.05, 0) is 31.5 Å². The molecule has 0 radical (unpaired) electrons. The molecule has 3 aromatic heterocycles. The Balaban J connectivity index is 1.18. The molecule has 156 valence electrons. The lowest BCUT2D eigenvalue weighted by molar-refractivity contribution is 0.356. The molecule has 2 saturated heterocycles. The Labute approximate surface area is 179 Å². The number of para-hydroxylation sites is 1. The van der Waals surface area contributed by atoms with Crippen molar-refractivity contribution in [3.63, 3.8) is 0 Å². The van der Waals surface area contributed by atoms with Crippen molar-refractivity contribution in [2.24, 2.45) is 0 Å². The van der Waals surface area contributed by atoms with Gasteiger partial charge in [0.05, 0.1) is 17.1 Å². The van der Waals surface area contributed by atoms with Gasteiger partial charge in [-0.2, -0.15) is 4.98 Å². The molecule has 0 amide bonds. The van der Waals surface area contributed by atoms with Crippen LogP contribution in [0.5, 0.6) is 0 Å². The number of aromatic nitrogens is 5. The van der Waals surface area contributed by atoms with Crippen molar-refractivity contribution in [2.75, 3.05) is 36.0 Å². The maximum Gasteiger partial charge on any atom is 0.231 e. The zero-order valence-electron chi connectivity index (χ0n) is 17.3. The van der Waals surface area contributed by atoms with Crippen molar-refractivity contribution in [3.8, 4) is 0 Å². The summed E-state index contributed by atoms with van der Waals surface area (Å²) in [6.45, 7) is 5.40. The number of benzene rings is 1. The van der Waals surface area contributed by atoms with Crippen LogP contribution in [-0.2, 0) is 0 Å². The molecule has 31 heavy (non-hydrogen) atoms. The minimum Gasteiger partial charge on any atom is -0.355 e. The van der Waals surface area contributed by atoms with E-state index in [-0.39, 0.29) is 5.92 Å². The molecule has 4 aromatic rings. The average molecular weight is 413 g/mol. The molecule has 2 fully saturated rings. The molecular formula is C23H23N7O. The van der Waals surface area contributed by atoms with Crippen molar-refractivity contribution in [3.05, 3.63) is 66.2 Å². The summed E-state index contributed by atoms with van der Waals surface area (Å²) in [6, 6.07) is 12.5. The van der Waals surface area contributed by atoms with Crippen LogP contribution in [0.15, 0.2) is 53.3 Å². The van der Waals surface area contributed by atoms with Gasteiger partial charge in [-0.1, -0.05) is 23.4 Å². The Bertz CT molecular complexity index is 1230. The van der Waals surface area contributed by atoms with Crippen LogP contribution in [0.25, 0.3) is 10.9 Å². The highest BCUT2D eigenvalue weighted by atomic mass is 16.5. The second-order valence-electron chi connectivity index (χ2n) is 8.34. The number of pyridine rings is 1. The predicted octanol–water partition coefficient (Wildman–Crippen LogP) is 3.31. The molecule has 8 nitrogen and oxygen atoms in total. The number of hydrogen-bond acceptors (Lipinski definition) is 8. The molecule has 5 heterocycles. The van der Waals surface area contributed by atoms with Crippen LogP contribution in [-0.4, -0.2) is 51.3 Å². The second kappa shape index (κ2) is 7.30. The quantitative estimate of drug-likeness (QED) is 0.504. The van der Waals surface area contributed by atoms with Crippen LogP contribution >= 0.6 is 0 Å².